The molecule has 0 aliphatic carbocycles. The number of fused-ring (bicyclic) bond motifs is 3. The van der Waals surface area contributed by atoms with E-state index in [1.54, 1.807) is 6.07 Å². The molecule has 132 valence electrons. The summed E-state index contributed by atoms with van der Waals surface area (Å²) in [6.45, 7) is 3.27. The number of anilines is 1. The smallest absolute Gasteiger partial charge is 0.412 e. The van der Waals surface area contributed by atoms with Crippen molar-refractivity contribution in [3.8, 4) is 10.4 Å². The van der Waals surface area contributed by atoms with Gasteiger partial charge in [0.15, 0.2) is 0 Å². The highest BCUT2D eigenvalue weighted by Crippen LogP contribution is 2.41. The quantitative estimate of drug-likeness (QED) is 0.764. The van der Waals surface area contributed by atoms with Crippen LogP contribution >= 0.6 is 22.9 Å². The second-order valence-corrected chi connectivity index (χ2v) is 9.08. The van der Waals surface area contributed by atoms with Crippen molar-refractivity contribution >= 4 is 34.7 Å². The zero-order chi connectivity index (χ0) is 17.5. The summed E-state index contributed by atoms with van der Waals surface area (Å²) in [4.78, 5) is 13.5. The molecule has 0 atom stereocenters. The van der Waals surface area contributed by atoms with Crippen molar-refractivity contribution in [3.05, 3.63) is 40.7 Å². The van der Waals surface area contributed by atoms with Crippen molar-refractivity contribution in [3.63, 3.8) is 0 Å². The van der Waals surface area contributed by atoms with Crippen molar-refractivity contribution in [2.75, 3.05) is 32.0 Å². The maximum absolute atomic E-state index is 12.6. The number of rotatable bonds is 3. The summed E-state index contributed by atoms with van der Waals surface area (Å²) in [5, 5.41) is 2.92. The Labute approximate surface area is 156 Å². The second kappa shape index (κ2) is 6.31. The summed E-state index contributed by atoms with van der Waals surface area (Å²) in [7, 11) is 2.29. The maximum Gasteiger partial charge on any atom is 0.412 e. The molecule has 6 heteroatoms. The molecular formula is C19H22ClN2O2S+. The number of carbonyl (C=O) groups is 1. The van der Waals surface area contributed by atoms with Crippen LogP contribution in [0, 0.1) is 0 Å². The van der Waals surface area contributed by atoms with Crippen LogP contribution in [0.3, 0.4) is 0 Å². The Balaban J connectivity index is 1.49. The fraction of sp³-hybridized carbons (Fsp3) is 0.421. The lowest BCUT2D eigenvalue weighted by molar-refractivity contribution is -0.926. The molecule has 1 aromatic heterocycles. The van der Waals surface area contributed by atoms with Crippen molar-refractivity contribution < 1.29 is 14.0 Å². The lowest BCUT2D eigenvalue weighted by atomic mass is 9.81. The SMILES string of the molecule is C[N+]12CCC(OC(=O)Nc3cc(Cl)sc3-c3ccccc3)(CC1)CC2. The largest absolute Gasteiger partial charge is 0.442 e. The Bertz CT molecular complexity index is 765. The van der Waals surface area contributed by atoms with Gasteiger partial charge in [-0.25, -0.2) is 4.79 Å². The number of piperidine rings is 3. The van der Waals surface area contributed by atoms with Gasteiger partial charge in [0.05, 0.1) is 41.6 Å². The number of carbonyl (C=O) groups excluding carboxylic acids is 1. The number of quaternary nitrogens is 1. The number of amides is 1. The molecule has 4 nitrogen and oxygen atoms in total. The van der Waals surface area contributed by atoms with Crippen LogP contribution in [0.2, 0.25) is 4.34 Å². The molecule has 3 fully saturated rings. The molecule has 1 N–H and O–H groups in total. The van der Waals surface area contributed by atoms with E-state index in [0.717, 1.165) is 59.5 Å². The summed E-state index contributed by atoms with van der Waals surface area (Å²) in [6.07, 6.45) is 2.48. The first kappa shape index (κ1) is 16.9. The van der Waals surface area contributed by atoms with Crippen LogP contribution in [0.15, 0.2) is 36.4 Å². The minimum absolute atomic E-state index is 0.285. The van der Waals surface area contributed by atoms with Crippen LogP contribution < -0.4 is 5.32 Å². The number of ether oxygens (including phenoxy) is 1. The summed E-state index contributed by atoms with van der Waals surface area (Å²) in [6, 6.07) is 11.7. The lowest BCUT2D eigenvalue weighted by Gasteiger charge is -2.51. The van der Waals surface area contributed by atoms with Crippen LogP contribution in [-0.2, 0) is 4.74 Å². The summed E-state index contributed by atoms with van der Waals surface area (Å²) in [5.41, 5.74) is 1.47. The lowest BCUT2D eigenvalue weighted by Crippen LogP contribution is -2.63. The van der Waals surface area contributed by atoms with Gasteiger partial charge in [-0.15, -0.1) is 11.3 Å². The van der Waals surface area contributed by atoms with Gasteiger partial charge in [0, 0.05) is 19.3 Å². The van der Waals surface area contributed by atoms with Crippen LogP contribution in [0.4, 0.5) is 10.5 Å². The Hall–Kier alpha value is -1.56. The highest BCUT2D eigenvalue weighted by Gasteiger charge is 2.49. The summed E-state index contributed by atoms with van der Waals surface area (Å²) < 4.78 is 7.68. The third-order valence-corrected chi connectivity index (χ3v) is 6.92. The fourth-order valence-electron chi connectivity index (χ4n) is 3.87. The molecule has 2 aromatic rings. The second-order valence-electron chi connectivity index (χ2n) is 7.40. The first-order valence-electron chi connectivity index (χ1n) is 8.65. The number of benzene rings is 1. The number of halogens is 1. The van der Waals surface area contributed by atoms with E-state index in [1.165, 1.54) is 11.3 Å². The van der Waals surface area contributed by atoms with Crippen molar-refractivity contribution in [2.45, 2.75) is 24.9 Å². The van der Waals surface area contributed by atoms with Gasteiger partial charge < -0.3 is 9.22 Å². The Morgan fingerprint density at radius 1 is 1.20 bits per heavy atom. The minimum Gasteiger partial charge on any atom is -0.442 e. The standard InChI is InChI=1S/C19H21ClN2O2S/c1-22-10-7-19(8-11-22,9-12-22)24-18(23)21-15-13-16(20)25-17(15)14-5-3-2-4-6-14/h2-6,13H,7-12H2,1H3/p+1. The van der Waals surface area contributed by atoms with E-state index in [9.17, 15) is 4.79 Å². The van der Waals surface area contributed by atoms with Gasteiger partial charge in [0.2, 0.25) is 0 Å². The highest BCUT2D eigenvalue weighted by molar-refractivity contribution is 7.20. The van der Waals surface area contributed by atoms with E-state index in [4.69, 9.17) is 16.3 Å². The van der Waals surface area contributed by atoms with Crippen LogP contribution in [0.5, 0.6) is 0 Å². The van der Waals surface area contributed by atoms with Gasteiger partial charge in [-0.05, 0) is 11.6 Å². The first-order valence-corrected chi connectivity index (χ1v) is 9.85. The molecule has 2 bridgehead atoms. The monoisotopic (exact) mass is 377 g/mol. The van der Waals surface area contributed by atoms with Gasteiger partial charge in [-0.1, -0.05) is 41.9 Å². The van der Waals surface area contributed by atoms with Crippen molar-refractivity contribution in [2.24, 2.45) is 0 Å². The molecular weight excluding hydrogens is 356 g/mol. The number of thiophene rings is 1. The average Bonchev–Trinajstić information content (AvgIpc) is 2.97. The van der Waals surface area contributed by atoms with Crippen molar-refractivity contribution in [1.29, 1.82) is 0 Å². The molecule has 3 aliphatic rings. The molecule has 0 unspecified atom stereocenters. The maximum atomic E-state index is 12.6. The van der Waals surface area contributed by atoms with Crippen LogP contribution in [0.1, 0.15) is 19.3 Å². The molecule has 5 rings (SSSR count). The Kier molecular flexibility index (Phi) is 4.26. The number of nitrogens with one attached hydrogen (secondary N) is 1. The third kappa shape index (κ3) is 3.41. The normalized spacial score (nSPS) is 27.9. The molecule has 1 amide bonds. The van der Waals surface area contributed by atoms with E-state index < -0.39 is 0 Å². The first-order chi connectivity index (χ1) is 12.0. The molecule has 0 radical (unpaired) electrons. The number of nitrogens with zero attached hydrogens (tertiary/aromatic N) is 1. The summed E-state index contributed by atoms with van der Waals surface area (Å²) in [5.74, 6) is 0. The van der Waals surface area contributed by atoms with E-state index in [1.807, 2.05) is 30.3 Å². The van der Waals surface area contributed by atoms with E-state index in [2.05, 4.69) is 12.4 Å². The molecule has 1 aromatic carbocycles. The third-order valence-electron chi connectivity index (χ3n) is 5.61. The van der Waals surface area contributed by atoms with Gasteiger partial charge in [0.25, 0.3) is 0 Å². The molecule has 4 heterocycles. The molecule has 3 saturated heterocycles. The Morgan fingerprint density at radius 2 is 1.84 bits per heavy atom. The zero-order valence-corrected chi connectivity index (χ0v) is 15.8. The fourth-order valence-corrected chi connectivity index (χ4v) is 5.06. The van der Waals surface area contributed by atoms with Crippen LogP contribution in [0.25, 0.3) is 10.4 Å². The van der Waals surface area contributed by atoms with E-state index in [0.29, 0.717) is 4.34 Å². The average molecular weight is 378 g/mol. The predicted molar refractivity (Wildman–Crippen MR) is 102 cm³/mol. The topological polar surface area (TPSA) is 38.3 Å². The highest BCUT2D eigenvalue weighted by atomic mass is 35.5. The predicted octanol–water partition coefficient (Wildman–Crippen LogP) is 5.00. The minimum atomic E-state index is -0.371. The van der Waals surface area contributed by atoms with Crippen molar-refractivity contribution in [1.82, 2.24) is 0 Å². The van der Waals surface area contributed by atoms with Gasteiger partial charge in [0.1, 0.15) is 5.60 Å². The molecule has 0 saturated carbocycles. The molecule has 25 heavy (non-hydrogen) atoms. The van der Waals surface area contributed by atoms with Gasteiger partial charge in [-0.2, -0.15) is 0 Å². The van der Waals surface area contributed by atoms with Gasteiger partial charge >= 0.3 is 6.09 Å². The number of hydrogen-bond acceptors (Lipinski definition) is 3. The van der Waals surface area contributed by atoms with E-state index in [-0.39, 0.29) is 11.7 Å². The van der Waals surface area contributed by atoms with Gasteiger partial charge in [-0.3, -0.25) is 5.32 Å². The van der Waals surface area contributed by atoms with Crippen LogP contribution in [-0.4, -0.2) is 42.9 Å². The summed E-state index contributed by atoms with van der Waals surface area (Å²) >= 11 is 7.65. The van der Waals surface area contributed by atoms with E-state index >= 15 is 0 Å². The number of hydrogen-bond donors (Lipinski definition) is 1. The molecule has 3 aliphatic heterocycles. The molecule has 0 spiro atoms. The zero-order valence-electron chi connectivity index (χ0n) is 14.3. The Morgan fingerprint density at radius 3 is 2.48 bits per heavy atom.